The van der Waals surface area contributed by atoms with Crippen molar-refractivity contribution in [1.29, 1.82) is 0 Å². The maximum Gasteiger partial charge on any atom is 0.119 e. The molecule has 1 saturated heterocycles. The molecule has 1 aromatic rings. The summed E-state index contributed by atoms with van der Waals surface area (Å²) in [4.78, 5) is 0. The first kappa shape index (κ1) is 16.3. The molecular formula is C17H27NO3. The molecule has 0 saturated carbocycles. The van der Waals surface area contributed by atoms with E-state index in [4.69, 9.17) is 9.47 Å². The van der Waals surface area contributed by atoms with Gasteiger partial charge in [0.15, 0.2) is 0 Å². The molecule has 1 aromatic carbocycles. The van der Waals surface area contributed by atoms with Crippen molar-refractivity contribution in [2.45, 2.75) is 44.8 Å². The molecular weight excluding hydrogens is 266 g/mol. The molecule has 21 heavy (non-hydrogen) atoms. The Morgan fingerprint density at radius 3 is 2.81 bits per heavy atom. The summed E-state index contributed by atoms with van der Waals surface area (Å²) in [6.07, 6.45) is 4.35. The Morgan fingerprint density at radius 1 is 1.33 bits per heavy atom. The van der Waals surface area contributed by atoms with Crippen molar-refractivity contribution in [3.8, 4) is 5.75 Å². The van der Waals surface area contributed by atoms with E-state index in [9.17, 15) is 5.11 Å². The fraction of sp³-hybridized carbons (Fsp3) is 0.647. The lowest BCUT2D eigenvalue weighted by Gasteiger charge is -2.23. The molecule has 2 N–H and O–H groups in total. The number of rotatable bonds is 8. The van der Waals surface area contributed by atoms with E-state index in [0.29, 0.717) is 19.3 Å². The Labute approximate surface area is 127 Å². The lowest BCUT2D eigenvalue weighted by Crippen LogP contribution is -2.37. The van der Waals surface area contributed by atoms with Gasteiger partial charge in [0.2, 0.25) is 0 Å². The molecule has 1 aliphatic heterocycles. The molecule has 0 bridgehead atoms. The summed E-state index contributed by atoms with van der Waals surface area (Å²) in [5.74, 6) is 0.807. The number of benzene rings is 1. The van der Waals surface area contributed by atoms with Crippen LogP contribution in [0.5, 0.6) is 5.75 Å². The summed E-state index contributed by atoms with van der Waals surface area (Å²) in [6.45, 7) is 4.65. The molecule has 2 rings (SSSR count). The normalized spacial score (nSPS) is 20.2. The Hall–Kier alpha value is -1.10. The van der Waals surface area contributed by atoms with Gasteiger partial charge < -0.3 is 19.9 Å². The average molecular weight is 293 g/mol. The molecule has 0 amide bonds. The second-order valence-corrected chi connectivity index (χ2v) is 5.61. The van der Waals surface area contributed by atoms with Gasteiger partial charge in [0.1, 0.15) is 18.5 Å². The van der Waals surface area contributed by atoms with Gasteiger partial charge in [-0.1, -0.05) is 19.1 Å². The molecule has 1 fully saturated rings. The number of hydrogen-bond donors (Lipinski definition) is 2. The molecule has 0 aromatic heterocycles. The first-order chi connectivity index (χ1) is 10.3. The van der Waals surface area contributed by atoms with E-state index in [1.54, 1.807) is 0 Å². The smallest absolute Gasteiger partial charge is 0.119 e. The fourth-order valence-corrected chi connectivity index (χ4v) is 2.45. The maximum absolute atomic E-state index is 9.91. The monoisotopic (exact) mass is 293 g/mol. The third-order valence-electron chi connectivity index (χ3n) is 3.80. The standard InChI is InChI=1S/C17H27NO3/c1-2-14-6-8-16(9-7-14)21-13-15(19)11-18-12-17-5-3-4-10-20-17/h6-9,15,17-19H,2-5,10-13H2,1H3. The van der Waals surface area contributed by atoms with Crippen molar-refractivity contribution in [2.75, 3.05) is 26.3 Å². The number of aryl methyl sites for hydroxylation is 1. The van der Waals surface area contributed by atoms with Gasteiger partial charge in [0.05, 0.1) is 6.10 Å². The highest BCUT2D eigenvalue weighted by atomic mass is 16.5. The van der Waals surface area contributed by atoms with Gasteiger partial charge in [-0.25, -0.2) is 0 Å². The van der Waals surface area contributed by atoms with Gasteiger partial charge in [-0.15, -0.1) is 0 Å². The van der Waals surface area contributed by atoms with E-state index in [-0.39, 0.29) is 0 Å². The summed E-state index contributed by atoms with van der Waals surface area (Å²) in [6, 6.07) is 8.02. The maximum atomic E-state index is 9.91. The lowest BCUT2D eigenvalue weighted by atomic mass is 10.1. The third kappa shape index (κ3) is 6.04. The van der Waals surface area contributed by atoms with Crippen LogP contribution in [0.15, 0.2) is 24.3 Å². The quantitative estimate of drug-likeness (QED) is 0.771. The van der Waals surface area contributed by atoms with E-state index in [2.05, 4.69) is 24.4 Å². The molecule has 4 nitrogen and oxygen atoms in total. The fourth-order valence-electron chi connectivity index (χ4n) is 2.45. The lowest BCUT2D eigenvalue weighted by molar-refractivity contribution is 0.0141. The first-order valence-electron chi connectivity index (χ1n) is 8.00. The van der Waals surface area contributed by atoms with Crippen LogP contribution in [-0.4, -0.2) is 43.6 Å². The minimum Gasteiger partial charge on any atom is -0.491 e. The van der Waals surface area contributed by atoms with Gasteiger partial charge in [-0.3, -0.25) is 0 Å². The summed E-state index contributed by atoms with van der Waals surface area (Å²) < 4.78 is 11.2. The largest absolute Gasteiger partial charge is 0.491 e. The van der Waals surface area contributed by atoms with Crippen molar-refractivity contribution >= 4 is 0 Å². The molecule has 1 aliphatic rings. The number of aliphatic hydroxyl groups excluding tert-OH is 1. The first-order valence-corrected chi connectivity index (χ1v) is 8.00. The van der Waals surface area contributed by atoms with Crippen LogP contribution in [0.1, 0.15) is 31.7 Å². The average Bonchev–Trinajstić information content (AvgIpc) is 2.54. The Morgan fingerprint density at radius 2 is 2.14 bits per heavy atom. The zero-order valence-electron chi connectivity index (χ0n) is 12.9. The molecule has 118 valence electrons. The minimum absolute atomic E-state index is 0.299. The topological polar surface area (TPSA) is 50.7 Å². The summed E-state index contributed by atoms with van der Waals surface area (Å²) in [7, 11) is 0. The van der Waals surface area contributed by atoms with Crippen molar-refractivity contribution in [3.63, 3.8) is 0 Å². The van der Waals surface area contributed by atoms with Crippen LogP contribution in [0.25, 0.3) is 0 Å². The van der Waals surface area contributed by atoms with Crippen LogP contribution in [0.2, 0.25) is 0 Å². The summed E-state index contributed by atoms with van der Waals surface area (Å²) in [5, 5.41) is 13.2. The highest BCUT2D eigenvalue weighted by Gasteiger charge is 2.14. The second-order valence-electron chi connectivity index (χ2n) is 5.61. The number of ether oxygens (including phenoxy) is 2. The van der Waals surface area contributed by atoms with Crippen LogP contribution < -0.4 is 10.1 Å². The zero-order chi connectivity index (χ0) is 14.9. The highest BCUT2D eigenvalue weighted by molar-refractivity contribution is 5.27. The van der Waals surface area contributed by atoms with Crippen LogP contribution in [0.4, 0.5) is 0 Å². The Kier molecular flexibility index (Phi) is 7.00. The SMILES string of the molecule is CCc1ccc(OCC(O)CNCC2CCCCO2)cc1. The van der Waals surface area contributed by atoms with Crippen molar-refractivity contribution in [3.05, 3.63) is 29.8 Å². The van der Waals surface area contributed by atoms with Gasteiger partial charge >= 0.3 is 0 Å². The zero-order valence-corrected chi connectivity index (χ0v) is 12.9. The molecule has 2 unspecified atom stereocenters. The van der Waals surface area contributed by atoms with Crippen molar-refractivity contribution < 1.29 is 14.6 Å². The molecule has 1 heterocycles. The molecule has 0 aliphatic carbocycles. The summed E-state index contributed by atoms with van der Waals surface area (Å²) >= 11 is 0. The Balaban J connectivity index is 1.59. The van der Waals surface area contributed by atoms with E-state index in [1.807, 2.05) is 12.1 Å². The Bertz CT molecular complexity index is 388. The van der Waals surface area contributed by atoms with E-state index in [0.717, 1.165) is 31.7 Å². The van der Waals surface area contributed by atoms with Crippen LogP contribution in [0, 0.1) is 0 Å². The van der Waals surface area contributed by atoms with E-state index < -0.39 is 6.10 Å². The third-order valence-corrected chi connectivity index (χ3v) is 3.80. The van der Waals surface area contributed by atoms with E-state index >= 15 is 0 Å². The van der Waals surface area contributed by atoms with Crippen LogP contribution >= 0.6 is 0 Å². The minimum atomic E-state index is -0.501. The van der Waals surface area contributed by atoms with Crippen molar-refractivity contribution in [2.24, 2.45) is 0 Å². The van der Waals surface area contributed by atoms with Gasteiger partial charge in [-0.2, -0.15) is 0 Å². The number of nitrogens with one attached hydrogen (secondary N) is 1. The van der Waals surface area contributed by atoms with Gasteiger partial charge in [0.25, 0.3) is 0 Å². The van der Waals surface area contributed by atoms with Crippen molar-refractivity contribution in [1.82, 2.24) is 5.32 Å². The van der Waals surface area contributed by atoms with Gasteiger partial charge in [-0.05, 0) is 43.4 Å². The predicted octanol–water partition coefficient (Wildman–Crippen LogP) is 2.15. The molecule has 0 radical (unpaired) electrons. The predicted molar refractivity (Wildman–Crippen MR) is 83.8 cm³/mol. The van der Waals surface area contributed by atoms with Gasteiger partial charge in [0, 0.05) is 19.7 Å². The molecule has 2 atom stereocenters. The summed E-state index contributed by atoms with van der Waals surface area (Å²) in [5.41, 5.74) is 1.29. The number of aliphatic hydroxyl groups is 1. The highest BCUT2D eigenvalue weighted by Crippen LogP contribution is 2.13. The number of hydrogen-bond acceptors (Lipinski definition) is 4. The van der Waals surface area contributed by atoms with Crippen LogP contribution in [-0.2, 0) is 11.2 Å². The molecule has 4 heteroatoms. The second kappa shape index (κ2) is 9.03. The van der Waals surface area contributed by atoms with E-state index in [1.165, 1.54) is 18.4 Å². The molecule has 0 spiro atoms. The van der Waals surface area contributed by atoms with Crippen LogP contribution in [0.3, 0.4) is 0 Å².